The van der Waals surface area contributed by atoms with Crippen molar-refractivity contribution < 1.29 is 14.3 Å². The van der Waals surface area contributed by atoms with E-state index in [2.05, 4.69) is 4.90 Å². The summed E-state index contributed by atoms with van der Waals surface area (Å²) in [5, 5.41) is 0.608. The smallest absolute Gasteiger partial charge is 0.410 e. The normalized spacial score (nSPS) is 19.1. The lowest BCUT2D eigenvalue weighted by Crippen LogP contribution is -2.39. The fraction of sp³-hybridized carbons (Fsp3) is 0.636. The van der Waals surface area contributed by atoms with Crippen LogP contribution in [0.1, 0.15) is 32.1 Å². The lowest BCUT2D eigenvalue weighted by Gasteiger charge is -2.31. The van der Waals surface area contributed by atoms with Crippen molar-refractivity contribution in [2.24, 2.45) is 11.8 Å². The second-order valence-electron chi connectivity index (χ2n) is 8.31. The van der Waals surface area contributed by atoms with Crippen LogP contribution in [0.15, 0.2) is 24.3 Å². The molecule has 1 aliphatic carbocycles. The van der Waals surface area contributed by atoms with Gasteiger partial charge in [0.25, 0.3) is 0 Å². The number of amides is 2. The Morgan fingerprint density at radius 1 is 0.931 bits per heavy atom. The van der Waals surface area contributed by atoms with Crippen LogP contribution in [0.25, 0.3) is 0 Å². The molecule has 0 radical (unpaired) electrons. The van der Waals surface area contributed by atoms with Gasteiger partial charge in [0.1, 0.15) is 5.75 Å². The number of benzene rings is 1. The highest BCUT2D eigenvalue weighted by molar-refractivity contribution is 6.30. The molecular weight excluding hydrogens is 390 g/mol. The van der Waals surface area contributed by atoms with E-state index in [0.717, 1.165) is 45.2 Å². The minimum Gasteiger partial charge on any atom is -0.410 e. The number of carbonyl (C=O) groups is 2. The highest BCUT2D eigenvalue weighted by atomic mass is 35.5. The van der Waals surface area contributed by atoms with Gasteiger partial charge >= 0.3 is 6.09 Å². The van der Waals surface area contributed by atoms with Crippen molar-refractivity contribution in [1.82, 2.24) is 14.7 Å². The van der Waals surface area contributed by atoms with Gasteiger partial charge in [0, 0.05) is 44.7 Å². The third kappa shape index (κ3) is 7.86. The molecule has 0 spiro atoms. The maximum absolute atomic E-state index is 12.6. The molecule has 1 saturated carbocycles. The van der Waals surface area contributed by atoms with E-state index in [0.29, 0.717) is 23.2 Å². The Kier molecular flexibility index (Phi) is 9.24. The van der Waals surface area contributed by atoms with Crippen LogP contribution in [0.5, 0.6) is 5.75 Å². The van der Waals surface area contributed by atoms with Gasteiger partial charge in [-0.05, 0) is 76.4 Å². The largest absolute Gasteiger partial charge is 0.414 e. The van der Waals surface area contributed by atoms with Crippen LogP contribution in [-0.2, 0) is 4.79 Å². The molecule has 0 aromatic heterocycles. The molecule has 7 heteroatoms. The highest BCUT2D eigenvalue weighted by Gasteiger charge is 2.28. The van der Waals surface area contributed by atoms with Crippen molar-refractivity contribution in [2.75, 3.05) is 47.8 Å². The SMILES string of the molecule is CN(C)CCN(C)C(=O)C1CCC(CCN(C)C(=O)Oc2ccc(Cl)cc2)CC1. The fourth-order valence-corrected chi connectivity index (χ4v) is 3.74. The molecule has 0 unspecified atom stereocenters. The number of hydrogen-bond acceptors (Lipinski definition) is 4. The van der Waals surface area contributed by atoms with Crippen LogP contribution in [-0.4, -0.2) is 74.5 Å². The second kappa shape index (κ2) is 11.4. The van der Waals surface area contributed by atoms with Crippen LogP contribution >= 0.6 is 11.6 Å². The zero-order valence-corrected chi connectivity index (χ0v) is 18.8. The predicted molar refractivity (Wildman–Crippen MR) is 116 cm³/mol. The summed E-state index contributed by atoms with van der Waals surface area (Å²) in [6.45, 7) is 2.31. The molecule has 29 heavy (non-hydrogen) atoms. The summed E-state index contributed by atoms with van der Waals surface area (Å²) < 4.78 is 5.36. The summed E-state index contributed by atoms with van der Waals surface area (Å²) >= 11 is 5.85. The molecule has 0 aliphatic heterocycles. The van der Waals surface area contributed by atoms with E-state index in [1.807, 2.05) is 26.0 Å². The zero-order valence-electron chi connectivity index (χ0n) is 18.1. The van der Waals surface area contributed by atoms with Gasteiger partial charge in [0.15, 0.2) is 0 Å². The Bertz CT molecular complexity index is 658. The predicted octanol–water partition coefficient (Wildman–Crippen LogP) is 3.99. The van der Waals surface area contributed by atoms with Crippen molar-refractivity contribution in [1.29, 1.82) is 0 Å². The number of hydrogen-bond donors (Lipinski definition) is 0. The average Bonchev–Trinajstić information content (AvgIpc) is 2.71. The summed E-state index contributed by atoms with van der Waals surface area (Å²) in [4.78, 5) is 30.4. The highest BCUT2D eigenvalue weighted by Crippen LogP contribution is 2.32. The lowest BCUT2D eigenvalue weighted by atomic mass is 9.80. The zero-order chi connectivity index (χ0) is 21.4. The first-order valence-corrected chi connectivity index (χ1v) is 10.7. The standard InChI is InChI=1S/C22H34ClN3O3/c1-24(2)15-16-25(3)21(27)18-7-5-17(6-8-18)13-14-26(4)22(28)29-20-11-9-19(23)10-12-20/h9-12,17-18H,5-8,13-16H2,1-4H3. The summed E-state index contributed by atoms with van der Waals surface area (Å²) in [5.41, 5.74) is 0. The molecule has 0 atom stereocenters. The van der Waals surface area contributed by atoms with Crippen molar-refractivity contribution in [3.63, 3.8) is 0 Å². The summed E-state index contributed by atoms with van der Waals surface area (Å²) in [6.07, 6.45) is 4.53. The molecule has 1 aliphatic rings. The summed E-state index contributed by atoms with van der Waals surface area (Å²) in [7, 11) is 7.70. The van der Waals surface area contributed by atoms with Gasteiger partial charge in [0.2, 0.25) is 5.91 Å². The van der Waals surface area contributed by atoms with E-state index in [1.165, 1.54) is 0 Å². The first-order valence-electron chi connectivity index (χ1n) is 10.3. The van der Waals surface area contributed by atoms with E-state index in [9.17, 15) is 9.59 Å². The lowest BCUT2D eigenvalue weighted by molar-refractivity contribution is -0.135. The van der Waals surface area contributed by atoms with Gasteiger partial charge in [-0.15, -0.1) is 0 Å². The van der Waals surface area contributed by atoms with Crippen LogP contribution in [0, 0.1) is 11.8 Å². The van der Waals surface area contributed by atoms with Gasteiger partial charge in [0.05, 0.1) is 0 Å². The molecule has 6 nitrogen and oxygen atoms in total. The van der Waals surface area contributed by atoms with Gasteiger partial charge in [-0.3, -0.25) is 4.79 Å². The van der Waals surface area contributed by atoms with Crippen molar-refractivity contribution in [3.05, 3.63) is 29.3 Å². The van der Waals surface area contributed by atoms with E-state index in [4.69, 9.17) is 16.3 Å². The van der Waals surface area contributed by atoms with Gasteiger partial charge in [-0.2, -0.15) is 0 Å². The monoisotopic (exact) mass is 423 g/mol. The molecule has 0 N–H and O–H groups in total. The van der Waals surface area contributed by atoms with Gasteiger partial charge in [-0.1, -0.05) is 11.6 Å². The molecule has 2 rings (SSSR count). The maximum atomic E-state index is 12.6. The molecular formula is C22H34ClN3O3. The van der Waals surface area contributed by atoms with Crippen LogP contribution in [0.4, 0.5) is 4.79 Å². The van der Waals surface area contributed by atoms with E-state index < -0.39 is 0 Å². The molecule has 0 bridgehead atoms. The minimum absolute atomic E-state index is 0.144. The van der Waals surface area contributed by atoms with E-state index >= 15 is 0 Å². The molecule has 1 aromatic carbocycles. The Morgan fingerprint density at radius 3 is 2.14 bits per heavy atom. The average molecular weight is 424 g/mol. The summed E-state index contributed by atoms with van der Waals surface area (Å²) in [6, 6.07) is 6.76. The van der Waals surface area contributed by atoms with Crippen LogP contribution in [0.3, 0.4) is 0 Å². The molecule has 2 amide bonds. The van der Waals surface area contributed by atoms with Crippen LogP contribution < -0.4 is 4.74 Å². The number of carbonyl (C=O) groups excluding carboxylic acids is 2. The number of ether oxygens (including phenoxy) is 1. The van der Waals surface area contributed by atoms with Crippen LogP contribution in [0.2, 0.25) is 5.02 Å². The molecule has 162 valence electrons. The molecule has 1 fully saturated rings. The quantitative estimate of drug-likeness (QED) is 0.634. The van der Waals surface area contributed by atoms with E-state index in [-0.39, 0.29) is 17.9 Å². The van der Waals surface area contributed by atoms with Crippen molar-refractivity contribution in [3.8, 4) is 5.75 Å². The first kappa shape index (κ1) is 23.5. The Hall–Kier alpha value is -1.79. The summed E-state index contributed by atoms with van der Waals surface area (Å²) in [5.74, 6) is 1.46. The molecule has 0 saturated heterocycles. The van der Waals surface area contributed by atoms with Gasteiger partial charge < -0.3 is 19.4 Å². The van der Waals surface area contributed by atoms with Crippen molar-refractivity contribution >= 4 is 23.6 Å². The first-order chi connectivity index (χ1) is 13.8. The van der Waals surface area contributed by atoms with E-state index in [1.54, 1.807) is 36.2 Å². The Labute approximate surface area is 179 Å². The van der Waals surface area contributed by atoms with Crippen molar-refractivity contribution in [2.45, 2.75) is 32.1 Å². The third-order valence-corrected chi connectivity index (χ3v) is 5.91. The number of rotatable bonds is 8. The number of halogens is 1. The fourth-order valence-electron chi connectivity index (χ4n) is 3.62. The number of likely N-dealkylation sites (N-methyl/N-ethyl adjacent to an activating group) is 2. The maximum Gasteiger partial charge on any atom is 0.414 e. The second-order valence-corrected chi connectivity index (χ2v) is 8.75. The Balaban J connectivity index is 1.68. The third-order valence-electron chi connectivity index (χ3n) is 5.66. The molecule has 1 aromatic rings. The number of nitrogens with zero attached hydrogens (tertiary/aromatic N) is 3. The minimum atomic E-state index is -0.362. The van der Waals surface area contributed by atoms with Gasteiger partial charge in [-0.25, -0.2) is 4.79 Å². The molecule has 0 heterocycles. The Morgan fingerprint density at radius 2 is 1.55 bits per heavy atom. The topological polar surface area (TPSA) is 53.1 Å².